The lowest BCUT2D eigenvalue weighted by molar-refractivity contribution is -0.122. The number of nitrogens with zero attached hydrogens (tertiary/aromatic N) is 2. The Morgan fingerprint density at radius 1 is 1.13 bits per heavy atom. The molecule has 0 bridgehead atoms. The summed E-state index contributed by atoms with van der Waals surface area (Å²) in [6, 6.07) is 6.12. The number of benzene rings is 1. The number of nitrogens with one attached hydrogen (secondary N) is 4. The highest BCUT2D eigenvalue weighted by Crippen LogP contribution is 2.22. The third-order valence-electron chi connectivity index (χ3n) is 3.84. The van der Waals surface area contributed by atoms with Crippen LogP contribution in [0.25, 0.3) is 0 Å². The number of hydrogen-bond acceptors (Lipinski definition) is 9. The molecule has 0 saturated carbocycles. The number of thioether (sulfide) groups is 1. The van der Waals surface area contributed by atoms with Crippen molar-refractivity contribution in [3.05, 3.63) is 42.1 Å². The summed E-state index contributed by atoms with van der Waals surface area (Å²) >= 11 is 0.713. The van der Waals surface area contributed by atoms with Crippen molar-refractivity contribution in [1.82, 2.24) is 20.0 Å². The Balaban J connectivity index is 1.59. The van der Waals surface area contributed by atoms with Gasteiger partial charge in [0.2, 0.25) is 17.8 Å². The van der Waals surface area contributed by atoms with E-state index in [2.05, 4.69) is 25.9 Å². The Labute approximate surface area is 180 Å². The second kappa shape index (κ2) is 9.09. The van der Waals surface area contributed by atoms with Crippen molar-refractivity contribution in [3.63, 3.8) is 0 Å². The Bertz CT molecular complexity index is 1150. The summed E-state index contributed by atoms with van der Waals surface area (Å²) in [4.78, 5) is 54.4. The van der Waals surface area contributed by atoms with E-state index in [4.69, 9.17) is 0 Å². The van der Waals surface area contributed by atoms with Crippen LogP contribution in [-0.4, -0.2) is 46.7 Å². The number of imide groups is 1. The van der Waals surface area contributed by atoms with Crippen LogP contribution in [0.5, 0.6) is 0 Å². The van der Waals surface area contributed by atoms with Gasteiger partial charge in [0, 0.05) is 12.6 Å². The summed E-state index contributed by atoms with van der Waals surface area (Å²) in [6.07, 6.45) is 0.970. The van der Waals surface area contributed by atoms with Gasteiger partial charge in [-0.15, -0.1) is 0 Å². The van der Waals surface area contributed by atoms with E-state index in [-0.39, 0.29) is 23.1 Å². The number of aryl methyl sites for hydroxylation is 1. The van der Waals surface area contributed by atoms with Gasteiger partial charge in [-0.05, 0) is 25.1 Å². The summed E-state index contributed by atoms with van der Waals surface area (Å²) in [6.45, 7) is 1.79. The quantitative estimate of drug-likeness (QED) is 0.485. The van der Waals surface area contributed by atoms with Gasteiger partial charge < -0.3 is 5.32 Å². The monoisotopic (exact) mass is 464 g/mol. The molecule has 1 aromatic heterocycles. The van der Waals surface area contributed by atoms with Crippen LogP contribution >= 0.6 is 11.8 Å². The fourth-order valence-electron chi connectivity index (χ4n) is 2.40. The SMILES string of the molecule is Cc1ccc(S(=O)(=O)NC(=O)Nc2nccc(NC(=O)CC3SC(=O)NC3=O)n2)cc1. The van der Waals surface area contributed by atoms with Crippen LogP contribution in [0, 0.1) is 6.92 Å². The lowest BCUT2D eigenvalue weighted by atomic mass is 10.2. The number of aromatic nitrogens is 2. The van der Waals surface area contributed by atoms with Gasteiger partial charge in [0.1, 0.15) is 11.1 Å². The fourth-order valence-corrected chi connectivity index (χ4v) is 4.13. The first kappa shape index (κ1) is 22.2. The number of amides is 5. The third-order valence-corrected chi connectivity index (χ3v) is 6.17. The summed E-state index contributed by atoms with van der Waals surface area (Å²) in [5.74, 6) is -1.40. The molecule has 162 valence electrons. The van der Waals surface area contributed by atoms with Gasteiger partial charge in [-0.3, -0.25) is 25.0 Å². The Morgan fingerprint density at radius 3 is 2.48 bits per heavy atom. The fraction of sp³-hybridized carbons (Fsp3) is 0.176. The topological polar surface area (TPSA) is 176 Å². The average molecular weight is 464 g/mol. The van der Waals surface area contributed by atoms with Crippen molar-refractivity contribution in [3.8, 4) is 0 Å². The molecule has 1 aromatic carbocycles. The van der Waals surface area contributed by atoms with Gasteiger partial charge in [0.15, 0.2) is 0 Å². The maximum absolute atomic E-state index is 12.2. The molecule has 1 aliphatic rings. The van der Waals surface area contributed by atoms with Crippen molar-refractivity contribution in [2.45, 2.75) is 23.5 Å². The van der Waals surface area contributed by atoms with E-state index in [0.717, 1.165) is 5.56 Å². The highest BCUT2D eigenvalue weighted by Gasteiger charge is 2.33. The van der Waals surface area contributed by atoms with Crippen LogP contribution in [0.2, 0.25) is 0 Å². The van der Waals surface area contributed by atoms with E-state index in [1.807, 2.05) is 4.72 Å². The van der Waals surface area contributed by atoms with E-state index < -0.39 is 38.4 Å². The number of carbonyl (C=O) groups is 4. The number of carbonyl (C=O) groups excluding carboxylic acids is 4. The number of sulfonamides is 1. The maximum atomic E-state index is 12.2. The van der Waals surface area contributed by atoms with Gasteiger partial charge in [-0.25, -0.2) is 22.9 Å². The molecule has 1 aliphatic heterocycles. The summed E-state index contributed by atoms with van der Waals surface area (Å²) < 4.78 is 26.3. The van der Waals surface area contributed by atoms with E-state index >= 15 is 0 Å². The molecule has 1 fully saturated rings. The zero-order valence-corrected chi connectivity index (χ0v) is 17.5. The standard InChI is InChI=1S/C17H16N6O6S2/c1-9-2-4-10(5-3-9)31(28,29)23-16(26)22-15-18-7-6-12(20-15)19-13(24)8-11-14(25)21-17(27)30-11/h2-7,11H,8H2,1H3,(H,21,25,27)(H3,18,19,20,22,23,24,26). The highest BCUT2D eigenvalue weighted by atomic mass is 32.2. The van der Waals surface area contributed by atoms with Crippen molar-refractivity contribution in [2.24, 2.45) is 0 Å². The molecule has 31 heavy (non-hydrogen) atoms. The van der Waals surface area contributed by atoms with E-state index in [9.17, 15) is 27.6 Å². The first-order valence-corrected chi connectivity index (χ1v) is 11.0. The lowest BCUT2D eigenvalue weighted by Gasteiger charge is -2.09. The van der Waals surface area contributed by atoms with Crippen LogP contribution in [0.15, 0.2) is 41.4 Å². The molecule has 1 atom stereocenters. The highest BCUT2D eigenvalue weighted by molar-refractivity contribution is 8.15. The van der Waals surface area contributed by atoms with Gasteiger partial charge in [-0.2, -0.15) is 4.98 Å². The molecule has 0 spiro atoms. The molecule has 14 heteroatoms. The van der Waals surface area contributed by atoms with Gasteiger partial charge in [-0.1, -0.05) is 29.5 Å². The average Bonchev–Trinajstić information content (AvgIpc) is 2.98. The predicted molar refractivity (Wildman–Crippen MR) is 111 cm³/mol. The van der Waals surface area contributed by atoms with E-state index in [1.54, 1.807) is 19.1 Å². The summed E-state index contributed by atoms with van der Waals surface area (Å²) in [5, 5.41) is 5.28. The zero-order valence-electron chi connectivity index (χ0n) is 15.9. The van der Waals surface area contributed by atoms with E-state index in [1.165, 1.54) is 24.4 Å². The smallest absolute Gasteiger partial charge is 0.310 e. The molecule has 5 amide bonds. The Morgan fingerprint density at radius 2 is 1.84 bits per heavy atom. The van der Waals surface area contributed by atoms with Crippen molar-refractivity contribution >= 4 is 56.6 Å². The van der Waals surface area contributed by atoms with Gasteiger partial charge in [0.25, 0.3) is 15.3 Å². The Kier molecular flexibility index (Phi) is 6.50. The van der Waals surface area contributed by atoms with E-state index in [0.29, 0.717) is 11.8 Å². The number of anilines is 2. The van der Waals surface area contributed by atoms with Crippen molar-refractivity contribution < 1.29 is 27.6 Å². The first-order chi connectivity index (χ1) is 14.6. The minimum absolute atomic E-state index is 0.00595. The number of rotatable bonds is 6. The van der Waals surface area contributed by atoms with Crippen LogP contribution in [0.3, 0.4) is 0 Å². The molecule has 0 radical (unpaired) electrons. The van der Waals surface area contributed by atoms with Crippen LogP contribution in [0.4, 0.5) is 21.4 Å². The van der Waals surface area contributed by atoms with Gasteiger partial charge in [0.05, 0.1) is 4.90 Å². The number of hydrogen-bond donors (Lipinski definition) is 4. The minimum Gasteiger partial charge on any atom is -0.310 e. The molecule has 1 unspecified atom stereocenters. The summed E-state index contributed by atoms with van der Waals surface area (Å²) in [5.41, 5.74) is 0.856. The Hall–Kier alpha value is -3.52. The minimum atomic E-state index is -4.10. The van der Waals surface area contributed by atoms with Crippen LogP contribution in [-0.2, 0) is 19.6 Å². The molecule has 12 nitrogen and oxygen atoms in total. The molecule has 3 rings (SSSR count). The number of urea groups is 1. The molecular formula is C17H16N6O6S2. The normalized spacial score (nSPS) is 15.8. The lowest BCUT2D eigenvalue weighted by Crippen LogP contribution is -2.35. The second-order valence-electron chi connectivity index (χ2n) is 6.27. The van der Waals surface area contributed by atoms with Crippen LogP contribution < -0.4 is 20.7 Å². The zero-order chi connectivity index (χ0) is 22.6. The van der Waals surface area contributed by atoms with Gasteiger partial charge >= 0.3 is 6.03 Å². The predicted octanol–water partition coefficient (Wildman–Crippen LogP) is 0.976. The molecule has 1 saturated heterocycles. The maximum Gasteiger partial charge on any atom is 0.335 e. The van der Waals surface area contributed by atoms with Crippen molar-refractivity contribution in [1.29, 1.82) is 0 Å². The molecule has 2 aromatic rings. The van der Waals surface area contributed by atoms with Crippen LogP contribution in [0.1, 0.15) is 12.0 Å². The largest absolute Gasteiger partial charge is 0.335 e. The summed E-state index contributed by atoms with van der Waals surface area (Å²) in [7, 11) is -4.10. The third kappa shape index (κ3) is 5.99. The van der Waals surface area contributed by atoms with Crippen molar-refractivity contribution in [2.75, 3.05) is 10.6 Å². The molecule has 0 aliphatic carbocycles. The second-order valence-corrected chi connectivity index (χ2v) is 9.13. The first-order valence-electron chi connectivity index (χ1n) is 8.67. The molecule has 2 heterocycles. The molecular weight excluding hydrogens is 448 g/mol. The molecule has 4 N–H and O–H groups in total.